The van der Waals surface area contributed by atoms with E-state index in [0.29, 0.717) is 29.0 Å². The molecule has 13 heteroatoms. The van der Waals surface area contributed by atoms with E-state index < -0.39 is 23.9 Å². The molecule has 208 valence electrons. The van der Waals surface area contributed by atoms with Crippen LogP contribution in [-0.4, -0.2) is 63.1 Å². The average molecular weight is 539 g/mol. The van der Waals surface area contributed by atoms with E-state index in [4.69, 9.17) is 20.9 Å². The van der Waals surface area contributed by atoms with Crippen molar-refractivity contribution in [2.24, 2.45) is 0 Å². The van der Waals surface area contributed by atoms with E-state index in [1.165, 1.54) is 0 Å². The molecule has 1 atom stereocenters. The number of nitrogens with zero attached hydrogens (tertiary/aromatic N) is 5. The van der Waals surface area contributed by atoms with Gasteiger partial charge in [0.25, 0.3) is 5.91 Å². The molecule has 5 N–H and O–H groups in total. The lowest BCUT2D eigenvalue weighted by atomic mass is 10.1. The summed E-state index contributed by atoms with van der Waals surface area (Å²) in [6, 6.07) is 5.81. The number of esters is 2. The number of nitrogen functional groups attached to an aromatic ring is 2. The van der Waals surface area contributed by atoms with Crippen LogP contribution in [0.25, 0.3) is 11.2 Å². The first-order valence-corrected chi connectivity index (χ1v) is 12.5. The maximum Gasteiger partial charge on any atom is 0.328 e. The van der Waals surface area contributed by atoms with Gasteiger partial charge in [0.15, 0.2) is 17.0 Å². The van der Waals surface area contributed by atoms with Gasteiger partial charge in [0, 0.05) is 24.7 Å². The van der Waals surface area contributed by atoms with Crippen molar-refractivity contribution in [3.8, 4) is 0 Å². The summed E-state index contributed by atoms with van der Waals surface area (Å²) in [5.74, 6) is -1.36. The Morgan fingerprint density at radius 1 is 0.974 bits per heavy atom. The number of rotatable bonds is 11. The summed E-state index contributed by atoms with van der Waals surface area (Å²) in [6.45, 7) is 7.29. The highest BCUT2D eigenvalue weighted by atomic mass is 16.5. The first-order valence-electron chi connectivity index (χ1n) is 12.5. The fourth-order valence-corrected chi connectivity index (χ4v) is 3.65. The third kappa shape index (κ3) is 8.22. The molecule has 39 heavy (non-hydrogen) atoms. The van der Waals surface area contributed by atoms with E-state index in [1.807, 2.05) is 11.9 Å². The van der Waals surface area contributed by atoms with Gasteiger partial charge in [0.05, 0.1) is 30.6 Å². The van der Waals surface area contributed by atoms with Gasteiger partial charge in [-0.15, -0.1) is 0 Å². The summed E-state index contributed by atoms with van der Waals surface area (Å²) in [5.41, 5.74) is 14.0. The van der Waals surface area contributed by atoms with Crippen LogP contribution in [0.4, 0.5) is 17.5 Å². The van der Waals surface area contributed by atoms with Crippen molar-refractivity contribution in [3.63, 3.8) is 0 Å². The number of nitrogens with two attached hydrogens (primary N) is 2. The van der Waals surface area contributed by atoms with Crippen LogP contribution in [0.2, 0.25) is 0 Å². The lowest BCUT2D eigenvalue weighted by Gasteiger charge is -2.20. The largest absolute Gasteiger partial charge is 0.463 e. The zero-order valence-electron chi connectivity index (χ0n) is 22.7. The fourth-order valence-electron chi connectivity index (χ4n) is 3.65. The Hall–Kier alpha value is -4.55. The molecule has 1 amide bonds. The quantitative estimate of drug-likeness (QED) is 0.302. The Morgan fingerprint density at radius 3 is 2.28 bits per heavy atom. The van der Waals surface area contributed by atoms with Crippen LogP contribution in [-0.2, 0) is 25.6 Å². The van der Waals surface area contributed by atoms with Gasteiger partial charge in [-0.2, -0.15) is 9.97 Å². The Bertz CT molecular complexity index is 1330. The van der Waals surface area contributed by atoms with Crippen molar-refractivity contribution in [1.82, 2.24) is 25.3 Å². The Labute approximate surface area is 226 Å². The van der Waals surface area contributed by atoms with Crippen LogP contribution in [0, 0.1) is 0 Å². The standard InChI is InChI=1S/C26H34N8O5/c1-14(2)38-20(35)11-10-19(25(37)39-15(3)4)31-24(36)16-6-8-18(9-7-16)34(5)13-17-12-29-23-21(30-17)22(27)32-26(28)33-23/h6-9,12,14-15,19H,10-11,13H2,1-5H3,(H,31,36)(H4,27,28,29,32,33)/t19-/m1/s1. The predicted molar refractivity (Wildman–Crippen MR) is 145 cm³/mol. The number of carbonyl (C=O) groups is 3. The first kappa shape index (κ1) is 29.0. The van der Waals surface area contributed by atoms with Crippen LogP contribution in [0.5, 0.6) is 0 Å². The van der Waals surface area contributed by atoms with Crippen molar-refractivity contribution in [3.05, 3.63) is 41.7 Å². The van der Waals surface area contributed by atoms with E-state index >= 15 is 0 Å². The zero-order chi connectivity index (χ0) is 28.7. The minimum absolute atomic E-state index is 0.0278. The van der Waals surface area contributed by atoms with Crippen molar-refractivity contribution in [2.75, 3.05) is 23.4 Å². The summed E-state index contributed by atoms with van der Waals surface area (Å²) in [5, 5.41) is 2.68. The predicted octanol–water partition coefficient (Wildman–Crippen LogP) is 2.00. The van der Waals surface area contributed by atoms with Crippen LogP contribution < -0.4 is 21.7 Å². The van der Waals surface area contributed by atoms with E-state index in [0.717, 1.165) is 5.69 Å². The number of hydrogen-bond acceptors (Lipinski definition) is 12. The number of fused-ring (bicyclic) bond motifs is 1. The number of benzene rings is 1. The normalized spacial score (nSPS) is 11.9. The smallest absolute Gasteiger partial charge is 0.328 e. The summed E-state index contributed by atoms with van der Waals surface area (Å²) in [4.78, 5) is 56.1. The van der Waals surface area contributed by atoms with Gasteiger partial charge in [-0.05, 0) is 58.4 Å². The van der Waals surface area contributed by atoms with Gasteiger partial charge in [-0.3, -0.25) is 9.59 Å². The number of hydrogen-bond donors (Lipinski definition) is 3. The van der Waals surface area contributed by atoms with Gasteiger partial charge in [-0.1, -0.05) is 0 Å². The minimum atomic E-state index is -1.000. The molecule has 0 saturated carbocycles. The molecule has 1 aromatic carbocycles. The molecule has 3 aromatic rings. The van der Waals surface area contributed by atoms with E-state index in [9.17, 15) is 14.4 Å². The molecule has 0 aliphatic heterocycles. The zero-order valence-corrected chi connectivity index (χ0v) is 22.7. The highest BCUT2D eigenvalue weighted by Gasteiger charge is 2.25. The van der Waals surface area contributed by atoms with Crippen LogP contribution in [0.3, 0.4) is 0 Å². The van der Waals surface area contributed by atoms with Crippen molar-refractivity contribution in [2.45, 2.75) is 65.3 Å². The maximum absolute atomic E-state index is 12.9. The monoisotopic (exact) mass is 538 g/mol. The van der Waals surface area contributed by atoms with E-state index in [-0.39, 0.29) is 36.8 Å². The van der Waals surface area contributed by atoms with Gasteiger partial charge in [-0.25, -0.2) is 14.8 Å². The van der Waals surface area contributed by atoms with Crippen LogP contribution in [0.1, 0.15) is 56.6 Å². The second-order valence-corrected chi connectivity index (χ2v) is 9.49. The number of aromatic nitrogens is 4. The molecule has 2 heterocycles. The van der Waals surface area contributed by atoms with Crippen LogP contribution in [0.15, 0.2) is 30.5 Å². The molecule has 0 spiro atoms. The summed E-state index contributed by atoms with van der Waals surface area (Å²) in [6.07, 6.45) is 0.953. The van der Waals surface area contributed by atoms with Crippen LogP contribution >= 0.6 is 0 Å². The molecule has 0 radical (unpaired) electrons. The maximum atomic E-state index is 12.9. The van der Waals surface area contributed by atoms with E-state index in [2.05, 4.69) is 25.3 Å². The van der Waals surface area contributed by atoms with Crippen molar-refractivity contribution in [1.29, 1.82) is 0 Å². The molecule has 0 aliphatic carbocycles. The molecule has 2 aromatic heterocycles. The third-order valence-electron chi connectivity index (χ3n) is 5.42. The molecule has 0 unspecified atom stereocenters. The molecule has 0 bridgehead atoms. The van der Waals surface area contributed by atoms with Crippen molar-refractivity contribution < 1.29 is 23.9 Å². The molecule has 3 rings (SSSR count). The topological polar surface area (TPSA) is 189 Å². The van der Waals surface area contributed by atoms with Gasteiger partial charge >= 0.3 is 11.9 Å². The molecule has 13 nitrogen and oxygen atoms in total. The number of anilines is 3. The average Bonchev–Trinajstić information content (AvgIpc) is 2.85. The number of ether oxygens (including phenoxy) is 2. The second-order valence-electron chi connectivity index (χ2n) is 9.49. The molecule has 0 saturated heterocycles. The Kier molecular flexibility index (Phi) is 9.52. The third-order valence-corrected chi connectivity index (χ3v) is 5.42. The SMILES string of the molecule is CC(C)OC(=O)CC[C@@H](NC(=O)c1ccc(N(C)Cc2cnc3nc(N)nc(N)c3n2)cc1)C(=O)OC(C)C. The molecular formula is C26H34N8O5. The summed E-state index contributed by atoms with van der Waals surface area (Å²) < 4.78 is 10.4. The fraction of sp³-hybridized carbons (Fsp3) is 0.423. The second kappa shape index (κ2) is 12.8. The lowest BCUT2D eigenvalue weighted by Crippen LogP contribution is -2.43. The molecule has 0 aliphatic rings. The van der Waals surface area contributed by atoms with Crippen molar-refractivity contribution >= 4 is 46.5 Å². The Balaban J connectivity index is 1.66. The number of amides is 1. The number of carbonyl (C=O) groups excluding carboxylic acids is 3. The van der Waals surface area contributed by atoms with Gasteiger partial charge in [0.1, 0.15) is 6.04 Å². The van der Waals surface area contributed by atoms with Gasteiger partial charge in [0.2, 0.25) is 5.95 Å². The van der Waals surface area contributed by atoms with Gasteiger partial charge < -0.3 is 31.2 Å². The summed E-state index contributed by atoms with van der Waals surface area (Å²) >= 11 is 0. The lowest BCUT2D eigenvalue weighted by molar-refractivity contribution is -0.151. The summed E-state index contributed by atoms with van der Waals surface area (Å²) in [7, 11) is 1.86. The highest BCUT2D eigenvalue weighted by molar-refractivity contribution is 5.97. The number of nitrogens with one attached hydrogen (secondary N) is 1. The Morgan fingerprint density at radius 2 is 1.64 bits per heavy atom. The minimum Gasteiger partial charge on any atom is -0.463 e. The molecule has 0 fully saturated rings. The molecular weight excluding hydrogens is 504 g/mol. The first-order chi connectivity index (χ1) is 18.4. The highest BCUT2D eigenvalue weighted by Crippen LogP contribution is 2.19. The van der Waals surface area contributed by atoms with E-state index in [1.54, 1.807) is 58.2 Å².